The summed E-state index contributed by atoms with van der Waals surface area (Å²) in [6.45, 7) is 1.97. The lowest BCUT2D eigenvalue weighted by molar-refractivity contribution is -0.143. The molecule has 0 aliphatic heterocycles. The monoisotopic (exact) mass is 360 g/mol. The van der Waals surface area contributed by atoms with Crippen LogP contribution in [0.1, 0.15) is 24.9 Å². The van der Waals surface area contributed by atoms with Crippen LogP contribution in [0.2, 0.25) is 0 Å². The lowest BCUT2D eigenvalue weighted by atomic mass is 10.0. The number of methoxy groups -OCH3 is 1. The first kappa shape index (κ1) is 19.2. The molecule has 0 saturated heterocycles. The zero-order valence-electron chi connectivity index (χ0n) is 14.6. The minimum Gasteiger partial charge on any atom is -0.497 e. The summed E-state index contributed by atoms with van der Waals surface area (Å²) in [5.74, 6) is -0.216. The first-order valence-electron chi connectivity index (χ1n) is 8.14. The Bertz CT molecular complexity index is 749. The van der Waals surface area contributed by atoms with Crippen LogP contribution in [0.4, 0.5) is 14.9 Å². The summed E-state index contributed by atoms with van der Waals surface area (Å²) in [6.07, 6.45) is -0.0299. The number of hydrogen-bond donors (Lipinski definition) is 2. The van der Waals surface area contributed by atoms with Gasteiger partial charge in [0.25, 0.3) is 0 Å². The molecule has 0 bridgehead atoms. The minimum atomic E-state index is -0.607. The van der Waals surface area contributed by atoms with Gasteiger partial charge in [-0.2, -0.15) is 0 Å². The number of carbonyl (C=O) groups is 2. The van der Waals surface area contributed by atoms with E-state index in [0.717, 1.165) is 0 Å². The van der Waals surface area contributed by atoms with Gasteiger partial charge in [-0.15, -0.1) is 0 Å². The van der Waals surface area contributed by atoms with Crippen molar-refractivity contribution in [3.8, 4) is 5.75 Å². The summed E-state index contributed by atoms with van der Waals surface area (Å²) in [4.78, 5) is 24.2. The Morgan fingerprint density at radius 2 is 1.88 bits per heavy atom. The van der Waals surface area contributed by atoms with Gasteiger partial charge in [0.15, 0.2) is 0 Å². The van der Waals surface area contributed by atoms with Gasteiger partial charge in [0.05, 0.1) is 26.2 Å². The molecule has 0 aromatic heterocycles. The van der Waals surface area contributed by atoms with E-state index in [-0.39, 0.29) is 13.0 Å². The van der Waals surface area contributed by atoms with Crippen LogP contribution in [0, 0.1) is 5.82 Å². The Morgan fingerprint density at radius 3 is 2.54 bits per heavy atom. The number of benzene rings is 2. The molecule has 2 amide bonds. The van der Waals surface area contributed by atoms with Crippen molar-refractivity contribution in [3.63, 3.8) is 0 Å². The van der Waals surface area contributed by atoms with E-state index < -0.39 is 23.9 Å². The molecule has 7 heteroatoms. The first-order chi connectivity index (χ1) is 12.5. The number of anilines is 1. The summed E-state index contributed by atoms with van der Waals surface area (Å²) < 4.78 is 23.1. The highest BCUT2D eigenvalue weighted by molar-refractivity contribution is 5.89. The SMILES string of the molecule is CCOC(=O)CC(NC(=O)Nc1ccc(F)cc1)c1cccc(OC)c1. The third kappa shape index (κ3) is 5.77. The van der Waals surface area contributed by atoms with Crippen LogP contribution in [0.15, 0.2) is 48.5 Å². The van der Waals surface area contributed by atoms with Crippen LogP contribution in [0.5, 0.6) is 5.75 Å². The van der Waals surface area contributed by atoms with Crippen molar-refractivity contribution in [2.75, 3.05) is 19.0 Å². The van der Waals surface area contributed by atoms with E-state index in [1.807, 2.05) is 0 Å². The quantitative estimate of drug-likeness (QED) is 0.739. The number of nitrogens with one attached hydrogen (secondary N) is 2. The highest BCUT2D eigenvalue weighted by Gasteiger charge is 2.20. The van der Waals surface area contributed by atoms with Crippen LogP contribution >= 0.6 is 0 Å². The molecule has 1 atom stereocenters. The van der Waals surface area contributed by atoms with Gasteiger partial charge < -0.3 is 20.1 Å². The van der Waals surface area contributed by atoms with Crippen molar-refractivity contribution in [1.82, 2.24) is 5.32 Å². The molecule has 2 N–H and O–H groups in total. The third-order valence-electron chi connectivity index (χ3n) is 3.58. The maximum atomic E-state index is 13.0. The van der Waals surface area contributed by atoms with Crippen molar-refractivity contribution in [2.24, 2.45) is 0 Å². The molecular formula is C19H21FN2O4. The number of esters is 1. The van der Waals surface area contributed by atoms with Crippen LogP contribution < -0.4 is 15.4 Å². The summed E-state index contributed by atoms with van der Waals surface area (Å²) in [7, 11) is 1.54. The summed E-state index contributed by atoms with van der Waals surface area (Å²) >= 11 is 0. The molecule has 2 rings (SSSR count). The maximum Gasteiger partial charge on any atom is 0.319 e. The number of rotatable bonds is 7. The summed E-state index contributed by atoms with van der Waals surface area (Å²) in [6, 6.07) is 11.3. The molecule has 0 aliphatic rings. The normalized spacial score (nSPS) is 11.3. The second-order valence-electron chi connectivity index (χ2n) is 5.44. The topological polar surface area (TPSA) is 76.7 Å². The van der Waals surface area contributed by atoms with Gasteiger partial charge >= 0.3 is 12.0 Å². The Balaban J connectivity index is 2.12. The van der Waals surface area contributed by atoms with E-state index in [9.17, 15) is 14.0 Å². The third-order valence-corrected chi connectivity index (χ3v) is 3.58. The maximum absolute atomic E-state index is 13.0. The smallest absolute Gasteiger partial charge is 0.319 e. The standard InChI is InChI=1S/C19H21FN2O4/c1-3-26-18(23)12-17(13-5-4-6-16(11-13)25-2)22-19(24)21-15-9-7-14(20)8-10-15/h4-11,17H,3,12H2,1-2H3,(H2,21,22,24). The molecule has 0 radical (unpaired) electrons. The fraction of sp³-hybridized carbons (Fsp3) is 0.263. The molecular weight excluding hydrogens is 339 g/mol. The number of urea groups is 1. The van der Waals surface area contributed by atoms with Crippen molar-refractivity contribution < 1.29 is 23.5 Å². The first-order valence-corrected chi connectivity index (χ1v) is 8.14. The zero-order chi connectivity index (χ0) is 18.9. The number of carbonyl (C=O) groups excluding carboxylic acids is 2. The van der Waals surface area contributed by atoms with E-state index in [2.05, 4.69) is 10.6 Å². The molecule has 6 nitrogen and oxygen atoms in total. The average molecular weight is 360 g/mol. The van der Waals surface area contributed by atoms with Gasteiger partial charge in [-0.05, 0) is 48.9 Å². The minimum absolute atomic E-state index is 0.0299. The lowest BCUT2D eigenvalue weighted by Gasteiger charge is -2.19. The molecule has 0 aliphatic carbocycles. The zero-order valence-corrected chi connectivity index (χ0v) is 14.6. The van der Waals surface area contributed by atoms with Gasteiger partial charge in [-0.25, -0.2) is 9.18 Å². The molecule has 1 unspecified atom stereocenters. The van der Waals surface area contributed by atoms with E-state index >= 15 is 0 Å². The fourth-order valence-corrected chi connectivity index (χ4v) is 2.36. The van der Waals surface area contributed by atoms with Gasteiger partial charge in [-0.3, -0.25) is 4.79 Å². The van der Waals surface area contributed by atoms with Crippen molar-refractivity contribution >= 4 is 17.7 Å². The highest BCUT2D eigenvalue weighted by Crippen LogP contribution is 2.22. The van der Waals surface area contributed by atoms with Gasteiger partial charge in [0.2, 0.25) is 0 Å². The lowest BCUT2D eigenvalue weighted by Crippen LogP contribution is -2.34. The Hall–Kier alpha value is -3.09. The molecule has 138 valence electrons. The number of amides is 2. The number of halogens is 1. The molecule has 2 aromatic rings. The molecule has 0 saturated carbocycles. The van der Waals surface area contributed by atoms with Gasteiger partial charge in [-0.1, -0.05) is 12.1 Å². The summed E-state index contributed by atoms with van der Waals surface area (Å²) in [5.41, 5.74) is 1.14. The molecule has 0 heterocycles. The van der Waals surface area contributed by atoms with Crippen LogP contribution in [0.25, 0.3) is 0 Å². The Labute approximate surface area is 151 Å². The van der Waals surface area contributed by atoms with E-state index in [1.54, 1.807) is 31.2 Å². The number of hydrogen-bond acceptors (Lipinski definition) is 4. The molecule has 26 heavy (non-hydrogen) atoms. The van der Waals surface area contributed by atoms with Crippen molar-refractivity contribution in [2.45, 2.75) is 19.4 Å². The van der Waals surface area contributed by atoms with Crippen LogP contribution in [-0.4, -0.2) is 25.7 Å². The largest absolute Gasteiger partial charge is 0.497 e. The van der Waals surface area contributed by atoms with Crippen molar-refractivity contribution in [3.05, 3.63) is 59.9 Å². The molecule has 0 spiro atoms. The van der Waals surface area contributed by atoms with Crippen LogP contribution in [-0.2, 0) is 9.53 Å². The van der Waals surface area contributed by atoms with E-state index in [0.29, 0.717) is 17.0 Å². The predicted molar refractivity (Wildman–Crippen MR) is 95.5 cm³/mol. The predicted octanol–water partition coefficient (Wildman–Crippen LogP) is 3.65. The second kappa shape index (κ2) is 9.41. The molecule has 0 fully saturated rings. The number of ether oxygens (including phenoxy) is 2. The summed E-state index contributed by atoms with van der Waals surface area (Å²) in [5, 5.41) is 5.34. The Kier molecular flexibility index (Phi) is 6.96. The van der Waals surface area contributed by atoms with Gasteiger partial charge in [0.1, 0.15) is 11.6 Å². The van der Waals surface area contributed by atoms with Crippen molar-refractivity contribution in [1.29, 1.82) is 0 Å². The fourth-order valence-electron chi connectivity index (χ4n) is 2.36. The van der Waals surface area contributed by atoms with Gasteiger partial charge in [0, 0.05) is 5.69 Å². The highest BCUT2D eigenvalue weighted by atomic mass is 19.1. The van der Waals surface area contributed by atoms with E-state index in [4.69, 9.17) is 9.47 Å². The van der Waals surface area contributed by atoms with Crippen LogP contribution in [0.3, 0.4) is 0 Å². The van der Waals surface area contributed by atoms with E-state index in [1.165, 1.54) is 31.4 Å². The average Bonchev–Trinajstić information content (AvgIpc) is 2.63. The molecule has 2 aromatic carbocycles. The second-order valence-corrected chi connectivity index (χ2v) is 5.44. The Morgan fingerprint density at radius 1 is 1.15 bits per heavy atom.